The average molecular weight is 519 g/mol. The van der Waals surface area contributed by atoms with E-state index in [-0.39, 0.29) is 6.04 Å². The fourth-order valence-electron chi connectivity index (χ4n) is 4.22. The van der Waals surface area contributed by atoms with E-state index in [0.29, 0.717) is 10.8 Å². The van der Waals surface area contributed by atoms with E-state index in [1.54, 1.807) is 24.3 Å². The molecule has 7 nitrogen and oxygen atoms in total. The number of benzene rings is 3. The SMILES string of the molecule is O=C(NC(=O)N(S)C1CCN(Cc2ccc(Oc3nc4ccccc4s3)cc2)CC1)c1ccccc1. The highest BCUT2D eigenvalue weighted by molar-refractivity contribution is 7.78. The first-order chi connectivity index (χ1) is 17.5. The van der Waals surface area contributed by atoms with Crippen LogP contribution in [-0.2, 0) is 6.54 Å². The number of nitrogens with one attached hydrogen (secondary N) is 1. The van der Waals surface area contributed by atoms with Gasteiger partial charge in [-0.05, 0) is 54.8 Å². The average Bonchev–Trinajstić information content (AvgIpc) is 3.32. The number of carbonyl (C=O) groups excluding carboxylic acids is 2. The summed E-state index contributed by atoms with van der Waals surface area (Å²) in [5, 5.41) is 3.05. The predicted octanol–water partition coefficient (Wildman–Crippen LogP) is 5.75. The standard InChI is InChI=1S/C27H26N4O3S2/c32-25(20-6-2-1-3-7-20)29-26(33)31(35)21-14-16-30(17-15-21)18-19-10-12-22(13-11-19)34-27-28-23-8-4-5-9-24(23)36-27/h1-13,21,35H,14-18H2,(H,29,32,33). The number of fused-ring (bicyclic) bond motifs is 1. The van der Waals surface area contributed by atoms with Gasteiger partial charge in [0.05, 0.1) is 10.2 Å². The molecule has 36 heavy (non-hydrogen) atoms. The Morgan fingerprint density at radius 2 is 1.69 bits per heavy atom. The molecule has 0 bridgehead atoms. The second-order valence-electron chi connectivity index (χ2n) is 8.67. The van der Waals surface area contributed by atoms with E-state index >= 15 is 0 Å². The van der Waals surface area contributed by atoms with Crippen LogP contribution in [0.4, 0.5) is 4.79 Å². The van der Waals surface area contributed by atoms with Gasteiger partial charge in [-0.2, -0.15) is 0 Å². The number of thiazole rings is 1. The minimum absolute atomic E-state index is 0.0299. The summed E-state index contributed by atoms with van der Waals surface area (Å²) in [6.07, 6.45) is 1.57. The van der Waals surface area contributed by atoms with Gasteiger partial charge in [-0.15, -0.1) is 0 Å². The molecule has 184 valence electrons. The van der Waals surface area contributed by atoms with Crippen molar-refractivity contribution >= 4 is 46.3 Å². The molecular weight excluding hydrogens is 492 g/mol. The first-order valence-electron chi connectivity index (χ1n) is 11.8. The summed E-state index contributed by atoms with van der Waals surface area (Å²) in [5.41, 5.74) is 2.58. The van der Waals surface area contributed by atoms with E-state index in [1.165, 1.54) is 21.2 Å². The van der Waals surface area contributed by atoms with Crippen LogP contribution in [-0.4, -0.2) is 45.3 Å². The Kier molecular flexibility index (Phi) is 7.50. The van der Waals surface area contributed by atoms with E-state index < -0.39 is 11.9 Å². The minimum Gasteiger partial charge on any atom is -0.431 e. The van der Waals surface area contributed by atoms with Gasteiger partial charge in [0.1, 0.15) is 5.75 Å². The van der Waals surface area contributed by atoms with E-state index in [4.69, 9.17) is 4.74 Å². The highest BCUT2D eigenvalue weighted by Gasteiger charge is 2.27. The highest BCUT2D eigenvalue weighted by atomic mass is 32.1. The topological polar surface area (TPSA) is 74.8 Å². The summed E-state index contributed by atoms with van der Waals surface area (Å²) >= 11 is 5.92. The van der Waals surface area contributed by atoms with Crippen LogP contribution in [0, 0.1) is 0 Å². The minimum atomic E-state index is -0.491. The van der Waals surface area contributed by atoms with Crippen molar-refractivity contribution in [2.45, 2.75) is 25.4 Å². The number of hydrogen-bond acceptors (Lipinski definition) is 7. The number of imide groups is 1. The fraction of sp³-hybridized carbons (Fsp3) is 0.222. The number of hydrogen-bond donors (Lipinski definition) is 2. The predicted molar refractivity (Wildman–Crippen MR) is 145 cm³/mol. The summed E-state index contributed by atoms with van der Waals surface area (Å²) in [6.45, 7) is 2.50. The van der Waals surface area contributed by atoms with Gasteiger partial charge in [0.15, 0.2) is 0 Å². The second kappa shape index (κ2) is 11.1. The molecule has 4 aromatic rings. The molecule has 0 atom stereocenters. The quantitative estimate of drug-likeness (QED) is 0.318. The number of rotatable bonds is 6. The number of carbonyl (C=O) groups is 2. The molecule has 0 unspecified atom stereocenters. The van der Waals surface area contributed by atoms with Gasteiger partial charge in [-0.3, -0.25) is 19.3 Å². The Morgan fingerprint density at radius 1 is 1.00 bits per heavy atom. The molecule has 5 rings (SSSR count). The number of aromatic nitrogens is 1. The van der Waals surface area contributed by atoms with Crippen LogP contribution >= 0.6 is 24.2 Å². The normalized spacial score (nSPS) is 14.5. The van der Waals surface area contributed by atoms with E-state index in [0.717, 1.165) is 48.4 Å². The van der Waals surface area contributed by atoms with Crippen LogP contribution in [0.15, 0.2) is 78.9 Å². The van der Waals surface area contributed by atoms with Gasteiger partial charge in [-0.25, -0.2) is 9.78 Å². The van der Waals surface area contributed by atoms with Crippen LogP contribution in [0.5, 0.6) is 10.9 Å². The lowest BCUT2D eigenvalue weighted by Gasteiger charge is -2.35. The third-order valence-corrected chi connectivity index (χ3v) is 7.60. The van der Waals surface area contributed by atoms with Crippen molar-refractivity contribution in [3.05, 3.63) is 90.0 Å². The third kappa shape index (κ3) is 5.87. The largest absolute Gasteiger partial charge is 0.431 e. The molecule has 0 spiro atoms. The van der Waals surface area contributed by atoms with Crippen LogP contribution in [0.1, 0.15) is 28.8 Å². The van der Waals surface area contributed by atoms with Gasteiger partial charge >= 0.3 is 6.03 Å². The second-order valence-corrected chi connectivity index (χ2v) is 10.1. The maximum Gasteiger partial charge on any atom is 0.334 e. The summed E-state index contributed by atoms with van der Waals surface area (Å²) in [6, 6.07) is 24.2. The molecule has 2 heterocycles. The number of nitrogens with zero attached hydrogens (tertiary/aromatic N) is 3. The van der Waals surface area contributed by atoms with Crippen LogP contribution < -0.4 is 10.1 Å². The van der Waals surface area contributed by atoms with Crippen molar-refractivity contribution in [1.29, 1.82) is 0 Å². The highest BCUT2D eigenvalue weighted by Crippen LogP contribution is 2.31. The van der Waals surface area contributed by atoms with Crippen molar-refractivity contribution < 1.29 is 14.3 Å². The maximum atomic E-state index is 12.5. The Bertz CT molecular complexity index is 1300. The van der Waals surface area contributed by atoms with E-state index in [1.807, 2.05) is 42.5 Å². The molecule has 9 heteroatoms. The molecule has 3 aromatic carbocycles. The van der Waals surface area contributed by atoms with Crippen molar-refractivity contribution in [1.82, 2.24) is 19.5 Å². The maximum absolute atomic E-state index is 12.5. The number of urea groups is 1. The van der Waals surface area contributed by atoms with E-state index in [2.05, 4.69) is 40.1 Å². The summed E-state index contributed by atoms with van der Waals surface area (Å²) < 4.78 is 8.40. The number of para-hydroxylation sites is 1. The van der Waals surface area contributed by atoms with Crippen molar-refractivity contribution in [2.75, 3.05) is 13.1 Å². The van der Waals surface area contributed by atoms with Gasteiger partial charge in [0.2, 0.25) is 0 Å². The van der Waals surface area contributed by atoms with Crippen LogP contribution in [0.3, 0.4) is 0 Å². The van der Waals surface area contributed by atoms with Gasteiger partial charge in [0, 0.05) is 31.2 Å². The van der Waals surface area contributed by atoms with Gasteiger partial charge in [-0.1, -0.05) is 66.6 Å². The first-order valence-corrected chi connectivity index (χ1v) is 13.0. The monoisotopic (exact) mass is 518 g/mol. The Balaban J connectivity index is 1.09. The molecule has 0 radical (unpaired) electrons. The fourth-order valence-corrected chi connectivity index (χ4v) is 5.34. The molecule has 1 saturated heterocycles. The smallest absolute Gasteiger partial charge is 0.334 e. The number of ether oxygens (including phenoxy) is 1. The van der Waals surface area contributed by atoms with Crippen LogP contribution in [0.25, 0.3) is 10.2 Å². The zero-order valence-corrected chi connectivity index (χ0v) is 21.3. The molecule has 0 saturated carbocycles. The zero-order chi connectivity index (χ0) is 24.9. The lowest BCUT2D eigenvalue weighted by atomic mass is 10.0. The molecule has 1 aromatic heterocycles. The summed E-state index contributed by atoms with van der Waals surface area (Å²) in [4.78, 5) is 31.6. The number of thiol groups is 1. The lowest BCUT2D eigenvalue weighted by Crippen LogP contribution is -2.47. The summed E-state index contributed by atoms with van der Waals surface area (Å²) in [5.74, 6) is 0.339. The molecule has 0 aliphatic carbocycles. The Labute approximate surface area is 219 Å². The van der Waals surface area contributed by atoms with Gasteiger partial charge in [0.25, 0.3) is 11.1 Å². The van der Waals surface area contributed by atoms with Gasteiger partial charge < -0.3 is 4.74 Å². The molecule has 1 N–H and O–H groups in total. The number of piperidine rings is 1. The van der Waals surface area contributed by atoms with Crippen molar-refractivity contribution in [3.8, 4) is 10.9 Å². The molecular formula is C27H26N4O3S2. The summed E-state index contributed by atoms with van der Waals surface area (Å²) in [7, 11) is 0. The molecule has 3 amide bonds. The van der Waals surface area contributed by atoms with Crippen LogP contribution in [0.2, 0.25) is 0 Å². The molecule has 1 fully saturated rings. The van der Waals surface area contributed by atoms with Crippen molar-refractivity contribution in [3.63, 3.8) is 0 Å². The van der Waals surface area contributed by atoms with E-state index in [9.17, 15) is 9.59 Å². The third-order valence-electron chi connectivity index (χ3n) is 6.18. The Hall–Kier alpha value is -3.40. The first kappa shape index (κ1) is 24.3. The number of amides is 3. The molecule has 1 aliphatic heterocycles. The molecule has 1 aliphatic rings. The van der Waals surface area contributed by atoms with Crippen molar-refractivity contribution in [2.24, 2.45) is 0 Å². The Morgan fingerprint density at radius 3 is 2.42 bits per heavy atom. The number of likely N-dealkylation sites (tertiary alicyclic amines) is 1. The lowest BCUT2D eigenvalue weighted by molar-refractivity contribution is 0.0952. The zero-order valence-electron chi connectivity index (χ0n) is 19.5.